The zero-order valence-electron chi connectivity index (χ0n) is 20.5. The van der Waals surface area contributed by atoms with Gasteiger partial charge in [0.1, 0.15) is 11.6 Å². The number of rotatable bonds is 13. The lowest BCUT2D eigenvalue weighted by molar-refractivity contribution is -0.109. The van der Waals surface area contributed by atoms with E-state index in [-0.39, 0.29) is 11.6 Å². The van der Waals surface area contributed by atoms with E-state index in [1.165, 1.54) is 24.3 Å². The van der Waals surface area contributed by atoms with Crippen LogP contribution in [0.4, 0.5) is 8.78 Å². The van der Waals surface area contributed by atoms with Gasteiger partial charge in [0.25, 0.3) is 0 Å². The number of hydrogen-bond acceptors (Lipinski definition) is 5. The van der Waals surface area contributed by atoms with E-state index in [0.29, 0.717) is 56.2 Å². The van der Waals surface area contributed by atoms with Gasteiger partial charge in [0, 0.05) is 54.9 Å². The standard InChI is InChI=1S/C27H30F2N6O/c1-4-31-20(2)18-21(3)34(17-14-30-19-36)15-5-16-35-27(23-8-12-25(29)13-9-23)32-26(33-35)22-6-10-24(28)11-7-22/h4,6-13,18-19H,3,5,14-17H2,1-2H3,(H,30,36)/b20-18-,31-4?. The lowest BCUT2D eigenvalue weighted by Gasteiger charge is -2.25. The van der Waals surface area contributed by atoms with E-state index in [0.717, 1.165) is 17.0 Å². The monoisotopic (exact) mass is 492 g/mol. The second-order valence-corrected chi connectivity index (χ2v) is 8.07. The second kappa shape index (κ2) is 13.1. The molecule has 0 aliphatic carbocycles. The fourth-order valence-electron chi connectivity index (χ4n) is 3.67. The fraction of sp³-hybridized carbons (Fsp3) is 0.259. The molecule has 0 radical (unpaired) electrons. The van der Waals surface area contributed by atoms with Gasteiger partial charge in [0.05, 0.1) is 0 Å². The summed E-state index contributed by atoms with van der Waals surface area (Å²) in [5.41, 5.74) is 3.03. The highest BCUT2D eigenvalue weighted by atomic mass is 19.1. The Balaban J connectivity index is 1.81. The van der Waals surface area contributed by atoms with Crippen LogP contribution in [0.15, 0.2) is 77.6 Å². The Labute approximate surface area is 209 Å². The molecular weight excluding hydrogens is 462 g/mol. The number of halogens is 2. The van der Waals surface area contributed by atoms with Crippen LogP contribution in [0.5, 0.6) is 0 Å². The first kappa shape index (κ1) is 26.5. The SMILES string of the molecule is C=C(/C=C(/C)N=CC)N(CCCn1nc(-c2ccc(F)cc2)nc1-c1ccc(F)cc1)CCNC=O. The molecule has 0 saturated heterocycles. The summed E-state index contributed by atoms with van der Waals surface area (Å²) >= 11 is 0. The van der Waals surface area contributed by atoms with E-state index in [4.69, 9.17) is 0 Å². The Morgan fingerprint density at radius 3 is 2.33 bits per heavy atom. The summed E-state index contributed by atoms with van der Waals surface area (Å²) in [7, 11) is 0. The molecule has 3 rings (SSSR count). The quantitative estimate of drug-likeness (QED) is 0.160. The van der Waals surface area contributed by atoms with Gasteiger partial charge in [-0.05, 0) is 74.9 Å². The summed E-state index contributed by atoms with van der Waals surface area (Å²) in [5, 5.41) is 7.34. The van der Waals surface area contributed by atoms with Crippen molar-refractivity contribution in [2.45, 2.75) is 26.8 Å². The molecule has 3 aromatic rings. The number of benzene rings is 2. The minimum Gasteiger partial charge on any atom is -0.370 e. The summed E-state index contributed by atoms with van der Waals surface area (Å²) in [5.74, 6) is 0.379. The number of amides is 1. The van der Waals surface area contributed by atoms with Gasteiger partial charge in [-0.25, -0.2) is 18.4 Å². The van der Waals surface area contributed by atoms with Crippen molar-refractivity contribution in [1.82, 2.24) is 25.0 Å². The highest BCUT2D eigenvalue weighted by Gasteiger charge is 2.15. The van der Waals surface area contributed by atoms with Crippen molar-refractivity contribution in [2.75, 3.05) is 19.6 Å². The Kier molecular flexibility index (Phi) is 9.62. The van der Waals surface area contributed by atoms with Crippen LogP contribution in [-0.2, 0) is 11.3 Å². The van der Waals surface area contributed by atoms with Crippen LogP contribution in [0.2, 0.25) is 0 Å². The van der Waals surface area contributed by atoms with Crippen LogP contribution in [0.1, 0.15) is 20.3 Å². The molecule has 1 heterocycles. The molecule has 0 aliphatic rings. The zero-order chi connectivity index (χ0) is 25.9. The molecule has 9 heteroatoms. The van der Waals surface area contributed by atoms with Gasteiger partial charge in [-0.2, -0.15) is 5.10 Å². The van der Waals surface area contributed by atoms with E-state index in [9.17, 15) is 13.6 Å². The first-order valence-corrected chi connectivity index (χ1v) is 11.7. The van der Waals surface area contributed by atoms with Crippen molar-refractivity contribution >= 4 is 12.6 Å². The number of aliphatic imine (C=N–C) groups is 1. The van der Waals surface area contributed by atoms with Crippen LogP contribution < -0.4 is 5.32 Å². The number of allylic oxidation sites excluding steroid dienone is 2. The maximum Gasteiger partial charge on any atom is 0.207 e. The molecule has 7 nitrogen and oxygen atoms in total. The van der Waals surface area contributed by atoms with E-state index < -0.39 is 0 Å². The summed E-state index contributed by atoms with van der Waals surface area (Å²) in [6, 6.07) is 12.1. The molecule has 0 fully saturated rings. The van der Waals surface area contributed by atoms with Crippen molar-refractivity contribution < 1.29 is 13.6 Å². The van der Waals surface area contributed by atoms with Crippen LogP contribution in [0.25, 0.3) is 22.8 Å². The van der Waals surface area contributed by atoms with Gasteiger partial charge in [-0.15, -0.1) is 0 Å². The van der Waals surface area contributed by atoms with Crippen molar-refractivity contribution in [3.05, 3.63) is 84.2 Å². The molecular formula is C27H30F2N6O. The fourth-order valence-corrected chi connectivity index (χ4v) is 3.67. The molecule has 0 aliphatic heterocycles. The third-order valence-electron chi connectivity index (χ3n) is 5.40. The molecule has 1 amide bonds. The average molecular weight is 493 g/mol. The van der Waals surface area contributed by atoms with Crippen molar-refractivity contribution in [2.24, 2.45) is 4.99 Å². The maximum absolute atomic E-state index is 13.5. The molecule has 1 N–H and O–H groups in total. The number of carbonyl (C=O) groups is 1. The Bertz CT molecular complexity index is 1220. The van der Waals surface area contributed by atoms with Gasteiger partial charge < -0.3 is 10.2 Å². The average Bonchev–Trinajstić information content (AvgIpc) is 3.28. The van der Waals surface area contributed by atoms with Crippen LogP contribution in [0.3, 0.4) is 0 Å². The summed E-state index contributed by atoms with van der Waals surface area (Å²) in [6.07, 6.45) is 4.99. The van der Waals surface area contributed by atoms with Gasteiger partial charge in [0.2, 0.25) is 6.41 Å². The number of aromatic nitrogens is 3. The Hall–Kier alpha value is -4.14. The predicted octanol–water partition coefficient (Wildman–Crippen LogP) is 4.84. The summed E-state index contributed by atoms with van der Waals surface area (Å²) in [6.45, 7) is 10.1. The van der Waals surface area contributed by atoms with Crippen molar-refractivity contribution in [1.29, 1.82) is 0 Å². The first-order chi connectivity index (χ1) is 17.4. The molecule has 36 heavy (non-hydrogen) atoms. The van der Waals surface area contributed by atoms with Crippen LogP contribution in [-0.4, -0.2) is 51.9 Å². The normalized spacial score (nSPS) is 11.6. The topological polar surface area (TPSA) is 75.4 Å². The van der Waals surface area contributed by atoms with Gasteiger partial charge >= 0.3 is 0 Å². The Morgan fingerprint density at radius 1 is 1.08 bits per heavy atom. The van der Waals surface area contributed by atoms with Crippen molar-refractivity contribution in [3.8, 4) is 22.8 Å². The molecule has 1 aromatic heterocycles. The molecule has 0 unspecified atom stereocenters. The predicted molar refractivity (Wildman–Crippen MR) is 138 cm³/mol. The number of carbonyl (C=O) groups excluding carboxylic acids is 1. The first-order valence-electron chi connectivity index (χ1n) is 11.7. The Morgan fingerprint density at radius 2 is 1.72 bits per heavy atom. The summed E-state index contributed by atoms with van der Waals surface area (Å²) < 4.78 is 28.7. The lowest BCUT2D eigenvalue weighted by Crippen LogP contribution is -2.31. The van der Waals surface area contributed by atoms with Crippen LogP contribution >= 0.6 is 0 Å². The molecule has 0 spiro atoms. The highest BCUT2D eigenvalue weighted by molar-refractivity contribution is 5.61. The van der Waals surface area contributed by atoms with Crippen molar-refractivity contribution in [3.63, 3.8) is 0 Å². The molecule has 0 saturated carbocycles. The highest BCUT2D eigenvalue weighted by Crippen LogP contribution is 2.23. The summed E-state index contributed by atoms with van der Waals surface area (Å²) in [4.78, 5) is 21.7. The van der Waals surface area contributed by atoms with Crippen LogP contribution in [0, 0.1) is 11.6 Å². The number of hydrogen-bond donors (Lipinski definition) is 1. The second-order valence-electron chi connectivity index (χ2n) is 8.07. The van der Waals surface area contributed by atoms with Gasteiger partial charge in [0.15, 0.2) is 11.6 Å². The minimum atomic E-state index is -0.338. The smallest absolute Gasteiger partial charge is 0.207 e. The van der Waals surface area contributed by atoms with Gasteiger partial charge in [-0.3, -0.25) is 9.79 Å². The molecule has 188 valence electrons. The number of nitrogens with zero attached hydrogens (tertiary/aromatic N) is 5. The number of aryl methyl sites for hydroxylation is 1. The van der Waals surface area contributed by atoms with E-state index in [1.54, 1.807) is 35.2 Å². The molecule has 0 bridgehead atoms. The largest absolute Gasteiger partial charge is 0.370 e. The third kappa shape index (κ3) is 7.43. The lowest BCUT2D eigenvalue weighted by atomic mass is 10.2. The molecule has 2 aromatic carbocycles. The number of nitrogens with one attached hydrogen (secondary N) is 1. The minimum absolute atomic E-state index is 0.336. The van der Waals surface area contributed by atoms with E-state index >= 15 is 0 Å². The maximum atomic E-state index is 13.5. The zero-order valence-corrected chi connectivity index (χ0v) is 20.5. The molecule has 0 atom stereocenters. The third-order valence-corrected chi connectivity index (χ3v) is 5.40. The van der Waals surface area contributed by atoms with E-state index in [2.05, 4.69) is 31.9 Å². The van der Waals surface area contributed by atoms with E-state index in [1.807, 2.05) is 19.9 Å². The van der Waals surface area contributed by atoms with Gasteiger partial charge in [-0.1, -0.05) is 6.58 Å².